The second kappa shape index (κ2) is 7.31. The van der Waals surface area contributed by atoms with E-state index in [9.17, 15) is 4.79 Å². The van der Waals surface area contributed by atoms with E-state index in [0.717, 1.165) is 29.4 Å². The summed E-state index contributed by atoms with van der Waals surface area (Å²) in [5, 5.41) is 5.29. The number of benzene rings is 1. The normalized spacial score (nSPS) is 13.0. The van der Waals surface area contributed by atoms with Crippen molar-refractivity contribution in [2.45, 2.75) is 26.2 Å². The quantitative estimate of drug-likeness (QED) is 0.819. The Balaban J connectivity index is 1.73. The summed E-state index contributed by atoms with van der Waals surface area (Å²) in [7, 11) is 0. The second-order valence-corrected chi connectivity index (χ2v) is 6.89. The first-order chi connectivity index (χ1) is 11.2. The molecule has 0 radical (unpaired) electrons. The number of ether oxygens (including phenoxy) is 2. The first kappa shape index (κ1) is 16.3. The summed E-state index contributed by atoms with van der Waals surface area (Å²) in [6.07, 6.45) is 3.11. The minimum Gasteiger partial charge on any atom is -0.486 e. The maximum absolute atomic E-state index is 12.4. The van der Waals surface area contributed by atoms with E-state index in [0.29, 0.717) is 35.4 Å². The Labute approximate surface area is 147 Å². The van der Waals surface area contributed by atoms with E-state index in [1.165, 1.54) is 11.3 Å². The topological polar surface area (TPSA) is 60.5 Å². The number of nitrogens with one attached hydrogen (secondary N) is 1. The molecule has 0 spiro atoms. The van der Waals surface area contributed by atoms with Gasteiger partial charge in [0, 0.05) is 22.0 Å². The number of nitrogens with zero attached hydrogens (tertiary/aromatic N) is 1. The van der Waals surface area contributed by atoms with Crippen molar-refractivity contribution in [3.05, 3.63) is 32.7 Å². The smallest absolute Gasteiger partial charge is 0.284 e. The van der Waals surface area contributed by atoms with Gasteiger partial charge in [0.2, 0.25) is 0 Å². The molecule has 5 nitrogen and oxygen atoms in total. The minimum absolute atomic E-state index is 0.213. The highest BCUT2D eigenvalue weighted by atomic mass is 79.9. The van der Waals surface area contributed by atoms with Gasteiger partial charge in [0.1, 0.15) is 13.2 Å². The van der Waals surface area contributed by atoms with Crippen LogP contribution in [0.5, 0.6) is 11.5 Å². The number of aryl methyl sites for hydroxylation is 1. The third-order valence-corrected chi connectivity index (χ3v) is 4.96. The summed E-state index contributed by atoms with van der Waals surface area (Å²) in [6, 6.07) is 3.57. The summed E-state index contributed by atoms with van der Waals surface area (Å²) < 4.78 is 11.8. The first-order valence-corrected chi connectivity index (χ1v) is 9.19. The molecule has 1 aromatic carbocycles. The standard InChI is InChI=1S/C16H17BrN2O3S/c1-2-3-4-10-9-23-16(18-10)15(20)19-12-8-14-13(7-11(12)17)21-5-6-22-14/h7-9H,2-6H2,1H3,(H,19,20). The number of rotatable bonds is 5. The number of aromatic nitrogens is 1. The Kier molecular flexibility index (Phi) is 5.17. The number of hydrogen-bond acceptors (Lipinski definition) is 5. The Morgan fingerprint density at radius 1 is 1.35 bits per heavy atom. The highest BCUT2D eigenvalue weighted by Gasteiger charge is 2.18. The van der Waals surface area contributed by atoms with Crippen LogP contribution in [0, 0.1) is 0 Å². The van der Waals surface area contributed by atoms with Gasteiger partial charge < -0.3 is 14.8 Å². The number of carbonyl (C=O) groups excluding carboxylic acids is 1. The third-order valence-electron chi connectivity index (χ3n) is 3.41. The van der Waals surface area contributed by atoms with Gasteiger partial charge in [0.25, 0.3) is 5.91 Å². The Morgan fingerprint density at radius 3 is 2.83 bits per heavy atom. The van der Waals surface area contributed by atoms with Gasteiger partial charge >= 0.3 is 0 Å². The van der Waals surface area contributed by atoms with E-state index in [4.69, 9.17) is 9.47 Å². The lowest BCUT2D eigenvalue weighted by Gasteiger charge is -2.20. The molecule has 1 aromatic heterocycles. The van der Waals surface area contributed by atoms with E-state index < -0.39 is 0 Å². The van der Waals surface area contributed by atoms with Crippen LogP contribution in [-0.2, 0) is 6.42 Å². The lowest BCUT2D eigenvalue weighted by atomic mass is 10.2. The average Bonchev–Trinajstić information content (AvgIpc) is 3.02. The first-order valence-electron chi connectivity index (χ1n) is 7.52. The molecule has 0 aliphatic carbocycles. The lowest BCUT2D eigenvalue weighted by molar-refractivity contribution is 0.102. The highest BCUT2D eigenvalue weighted by Crippen LogP contribution is 2.38. The SMILES string of the molecule is CCCCc1csc(C(=O)Nc2cc3c(cc2Br)OCCO3)n1. The van der Waals surface area contributed by atoms with Crippen molar-refractivity contribution in [3.8, 4) is 11.5 Å². The van der Waals surface area contributed by atoms with Crippen LogP contribution in [0.2, 0.25) is 0 Å². The van der Waals surface area contributed by atoms with Crippen LogP contribution in [-0.4, -0.2) is 24.1 Å². The molecule has 122 valence electrons. The molecule has 0 unspecified atom stereocenters. The fourth-order valence-corrected chi connectivity index (χ4v) is 3.39. The van der Waals surface area contributed by atoms with Gasteiger partial charge in [-0.25, -0.2) is 4.98 Å². The molecule has 0 fully saturated rings. The van der Waals surface area contributed by atoms with E-state index >= 15 is 0 Å². The van der Waals surface area contributed by atoms with Crippen LogP contribution in [0.25, 0.3) is 0 Å². The zero-order valence-electron chi connectivity index (χ0n) is 12.7. The summed E-state index contributed by atoms with van der Waals surface area (Å²) in [5.74, 6) is 1.10. The average molecular weight is 397 g/mol. The van der Waals surface area contributed by atoms with E-state index in [1.54, 1.807) is 12.1 Å². The van der Waals surface area contributed by atoms with Crippen molar-refractivity contribution in [1.29, 1.82) is 0 Å². The van der Waals surface area contributed by atoms with Gasteiger partial charge in [0.15, 0.2) is 16.5 Å². The monoisotopic (exact) mass is 396 g/mol. The van der Waals surface area contributed by atoms with Crippen molar-refractivity contribution < 1.29 is 14.3 Å². The van der Waals surface area contributed by atoms with Gasteiger partial charge in [-0.3, -0.25) is 4.79 Å². The maximum atomic E-state index is 12.4. The number of anilines is 1. The molecule has 0 atom stereocenters. The van der Waals surface area contributed by atoms with Gasteiger partial charge in [-0.05, 0) is 28.8 Å². The number of unbranched alkanes of at least 4 members (excludes halogenated alkanes) is 1. The highest BCUT2D eigenvalue weighted by molar-refractivity contribution is 9.10. The summed E-state index contributed by atoms with van der Waals surface area (Å²) in [6.45, 7) is 3.18. The van der Waals surface area contributed by atoms with Crippen molar-refractivity contribution in [2.24, 2.45) is 0 Å². The summed E-state index contributed by atoms with van der Waals surface area (Å²) in [4.78, 5) is 16.8. The van der Waals surface area contributed by atoms with Crippen LogP contribution >= 0.6 is 27.3 Å². The van der Waals surface area contributed by atoms with Crippen molar-refractivity contribution in [1.82, 2.24) is 4.98 Å². The molecule has 0 saturated carbocycles. The minimum atomic E-state index is -0.213. The van der Waals surface area contributed by atoms with Crippen LogP contribution in [0.3, 0.4) is 0 Å². The predicted octanol–water partition coefficient (Wildman–Crippen LogP) is 4.27. The number of halogens is 1. The van der Waals surface area contributed by atoms with E-state index in [-0.39, 0.29) is 5.91 Å². The molecule has 2 heterocycles. The van der Waals surface area contributed by atoms with Gasteiger partial charge in [-0.1, -0.05) is 13.3 Å². The van der Waals surface area contributed by atoms with Gasteiger partial charge in [0.05, 0.1) is 11.4 Å². The molecule has 2 aromatic rings. The predicted molar refractivity (Wildman–Crippen MR) is 93.8 cm³/mol. The molecule has 1 amide bonds. The number of hydrogen-bond donors (Lipinski definition) is 1. The third kappa shape index (κ3) is 3.84. The molecule has 0 bridgehead atoms. The molecular weight excluding hydrogens is 380 g/mol. The Hall–Kier alpha value is -1.60. The molecule has 1 N–H and O–H groups in total. The van der Waals surface area contributed by atoms with E-state index in [1.807, 2.05) is 5.38 Å². The van der Waals surface area contributed by atoms with Crippen molar-refractivity contribution in [3.63, 3.8) is 0 Å². The van der Waals surface area contributed by atoms with E-state index in [2.05, 4.69) is 33.2 Å². The van der Waals surface area contributed by atoms with Crippen molar-refractivity contribution in [2.75, 3.05) is 18.5 Å². The fraction of sp³-hybridized carbons (Fsp3) is 0.375. The Bertz CT molecular complexity index is 717. The zero-order valence-corrected chi connectivity index (χ0v) is 15.1. The van der Waals surface area contributed by atoms with Crippen LogP contribution < -0.4 is 14.8 Å². The summed E-state index contributed by atoms with van der Waals surface area (Å²) in [5.41, 5.74) is 1.62. The van der Waals surface area contributed by atoms with Gasteiger partial charge in [-0.15, -0.1) is 11.3 Å². The largest absolute Gasteiger partial charge is 0.486 e. The molecule has 1 aliphatic heterocycles. The number of fused-ring (bicyclic) bond motifs is 1. The molecule has 7 heteroatoms. The van der Waals surface area contributed by atoms with Crippen LogP contribution in [0.1, 0.15) is 35.3 Å². The molecular formula is C16H17BrN2O3S. The molecule has 1 aliphatic rings. The van der Waals surface area contributed by atoms with Crippen molar-refractivity contribution >= 4 is 38.9 Å². The van der Waals surface area contributed by atoms with Gasteiger partial charge in [-0.2, -0.15) is 0 Å². The number of amides is 1. The maximum Gasteiger partial charge on any atom is 0.284 e. The second-order valence-electron chi connectivity index (χ2n) is 5.18. The summed E-state index contributed by atoms with van der Waals surface area (Å²) >= 11 is 4.82. The lowest BCUT2D eigenvalue weighted by Crippen LogP contribution is -2.17. The van der Waals surface area contributed by atoms with Crippen LogP contribution in [0.15, 0.2) is 22.0 Å². The Morgan fingerprint density at radius 2 is 2.09 bits per heavy atom. The fourth-order valence-electron chi connectivity index (χ4n) is 2.22. The number of thiazole rings is 1. The molecule has 0 saturated heterocycles. The number of carbonyl (C=O) groups is 1. The molecule has 23 heavy (non-hydrogen) atoms. The van der Waals surface area contributed by atoms with Crippen LogP contribution in [0.4, 0.5) is 5.69 Å². The zero-order chi connectivity index (χ0) is 16.2. The molecule has 3 rings (SSSR count).